The number of aromatic nitrogens is 2. The summed E-state index contributed by atoms with van der Waals surface area (Å²) in [6, 6.07) is 20.0. The Morgan fingerprint density at radius 1 is 1.00 bits per heavy atom. The van der Waals surface area contributed by atoms with Crippen molar-refractivity contribution in [1.29, 1.82) is 0 Å². The molecule has 0 amide bonds. The van der Waals surface area contributed by atoms with Gasteiger partial charge in [-0.15, -0.1) is 0 Å². The molecular formula is C22H14BrFN2O2S. The number of hydrogen-bond acceptors (Lipinski definition) is 4. The van der Waals surface area contributed by atoms with Crippen molar-refractivity contribution in [3.63, 3.8) is 0 Å². The van der Waals surface area contributed by atoms with Crippen LogP contribution in [0.3, 0.4) is 0 Å². The molecule has 1 heterocycles. The molecule has 3 aromatic carbocycles. The molecule has 1 aromatic heterocycles. The lowest BCUT2D eigenvalue weighted by atomic mass is 10.2. The van der Waals surface area contributed by atoms with Crippen molar-refractivity contribution in [2.24, 2.45) is 0 Å². The van der Waals surface area contributed by atoms with Crippen molar-refractivity contribution in [3.05, 3.63) is 99.0 Å². The summed E-state index contributed by atoms with van der Waals surface area (Å²) in [7, 11) is 0. The largest absolute Gasteiger partial charge is 0.293 e. The molecule has 0 bridgehead atoms. The quantitative estimate of drug-likeness (QED) is 0.227. The number of carbonyl (C=O) groups excluding carboxylic acids is 1. The summed E-state index contributed by atoms with van der Waals surface area (Å²) in [4.78, 5) is 30.2. The van der Waals surface area contributed by atoms with E-state index in [1.54, 1.807) is 60.7 Å². The van der Waals surface area contributed by atoms with Crippen LogP contribution in [0.5, 0.6) is 0 Å². The fraction of sp³-hybridized carbons (Fsp3) is 0.0455. The second-order valence-electron chi connectivity index (χ2n) is 6.22. The van der Waals surface area contributed by atoms with Gasteiger partial charge in [-0.05, 0) is 36.4 Å². The molecule has 144 valence electrons. The fourth-order valence-electron chi connectivity index (χ4n) is 2.90. The molecule has 0 radical (unpaired) electrons. The predicted octanol–water partition coefficient (Wildman–Crippen LogP) is 5.26. The van der Waals surface area contributed by atoms with Crippen LogP contribution in [0.15, 0.2) is 87.2 Å². The third-order valence-corrected chi connectivity index (χ3v) is 5.80. The first kappa shape index (κ1) is 19.5. The summed E-state index contributed by atoms with van der Waals surface area (Å²) in [6.07, 6.45) is 0. The van der Waals surface area contributed by atoms with E-state index in [-0.39, 0.29) is 27.9 Å². The number of nitrogens with zero attached hydrogens (tertiary/aromatic N) is 2. The van der Waals surface area contributed by atoms with E-state index >= 15 is 0 Å². The highest BCUT2D eigenvalue weighted by atomic mass is 79.9. The first-order chi connectivity index (χ1) is 14.0. The van der Waals surface area contributed by atoms with Crippen molar-refractivity contribution >= 4 is 44.4 Å². The number of fused-ring (bicyclic) bond motifs is 1. The molecular weight excluding hydrogens is 455 g/mol. The molecule has 4 nitrogen and oxygen atoms in total. The molecule has 0 atom stereocenters. The number of halogens is 2. The maximum Gasteiger partial charge on any atom is 0.266 e. The molecule has 0 aliphatic rings. The lowest BCUT2D eigenvalue weighted by Gasteiger charge is -2.13. The van der Waals surface area contributed by atoms with Crippen molar-refractivity contribution in [2.45, 2.75) is 5.16 Å². The zero-order valence-electron chi connectivity index (χ0n) is 15.0. The van der Waals surface area contributed by atoms with Gasteiger partial charge in [0.15, 0.2) is 10.9 Å². The van der Waals surface area contributed by atoms with Gasteiger partial charge in [-0.25, -0.2) is 9.37 Å². The van der Waals surface area contributed by atoms with E-state index in [0.29, 0.717) is 16.5 Å². The van der Waals surface area contributed by atoms with Crippen LogP contribution in [0.25, 0.3) is 16.6 Å². The van der Waals surface area contributed by atoms with Crippen LogP contribution in [-0.4, -0.2) is 21.1 Å². The number of rotatable bonds is 5. The molecule has 0 aliphatic heterocycles. The minimum atomic E-state index is -0.534. The summed E-state index contributed by atoms with van der Waals surface area (Å²) in [5.74, 6) is -0.571. The van der Waals surface area contributed by atoms with Gasteiger partial charge in [0, 0.05) is 10.0 Å². The number of thioether (sulfide) groups is 1. The third kappa shape index (κ3) is 4.02. The van der Waals surface area contributed by atoms with Gasteiger partial charge in [0.2, 0.25) is 0 Å². The smallest absolute Gasteiger partial charge is 0.266 e. The first-order valence-electron chi connectivity index (χ1n) is 8.73. The molecule has 0 fully saturated rings. The predicted molar refractivity (Wildman–Crippen MR) is 116 cm³/mol. The summed E-state index contributed by atoms with van der Waals surface area (Å²) < 4.78 is 16.6. The molecule has 29 heavy (non-hydrogen) atoms. The van der Waals surface area contributed by atoms with Gasteiger partial charge in [0.25, 0.3) is 5.56 Å². The van der Waals surface area contributed by atoms with E-state index in [9.17, 15) is 14.0 Å². The normalized spacial score (nSPS) is 11.0. The zero-order chi connectivity index (χ0) is 20.4. The third-order valence-electron chi connectivity index (χ3n) is 4.34. The van der Waals surface area contributed by atoms with Crippen LogP contribution in [0.2, 0.25) is 0 Å². The van der Waals surface area contributed by atoms with Crippen LogP contribution in [0.1, 0.15) is 10.4 Å². The lowest BCUT2D eigenvalue weighted by Crippen LogP contribution is -2.23. The van der Waals surface area contributed by atoms with Gasteiger partial charge in [-0.2, -0.15) is 0 Å². The Labute approximate surface area is 178 Å². The molecule has 0 saturated heterocycles. The highest BCUT2D eigenvalue weighted by Gasteiger charge is 2.17. The van der Waals surface area contributed by atoms with Crippen molar-refractivity contribution in [3.8, 4) is 5.69 Å². The van der Waals surface area contributed by atoms with Gasteiger partial charge in [0.05, 0.1) is 22.3 Å². The van der Waals surface area contributed by atoms with Gasteiger partial charge in [0.1, 0.15) is 5.82 Å². The number of carbonyl (C=O) groups is 1. The Hall–Kier alpha value is -2.77. The van der Waals surface area contributed by atoms with Gasteiger partial charge >= 0.3 is 0 Å². The van der Waals surface area contributed by atoms with Crippen LogP contribution >= 0.6 is 27.7 Å². The van der Waals surface area contributed by atoms with E-state index in [2.05, 4.69) is 20.9 Å². The average molecular weight is 469 g/mol. The SMILES string of the molecule is O=C(CSc1nc2ccccc2c(=O)n1-c1ccccc1F)c1ccc(Br)cc1. The number of ketones is 1. The van der Waals surface area contributed by atoms with Crippen LogP contribution in [0, 0.1) is 5.82 Å². The first-order valence-corrected chi connectivity index (χ1v) is 10.5. The Morgan fingerprint density at radius 2 is 1.69 bits per heavy atom. The second kappa shape index (κ2) is 8.31. The Balaban J connectivity index is 1.77. The van der Waals surface area contributed by atoms with Crippen molar-refractivity contribution in [1.82, 2.24) is 9.55 Å². The number of benzene rings is 3. The fourth-order valence-corrected chi connectivity index (χ4v) is 4.07. The summed E-state index contributed by atoms with van der Waals surface area (Å²) >= 11 is 4.45. The number of Topliss-reactive ketones (excluding diaryl/α,β-unsaturated/α-hetero) is 1. The molecule has 7 heteroatoms. The number of para-hydroxylation sites is 2. The van der Waals surface area contributed by atoms with Gasteiger partial charge in [-0.3, -0.25) is 14.2 Å². The molecule has 0 spiro atoms. The van der Waals surface area contributed by atoms with E-state index in [1.165, 1.54) is 16.7 Å². The molecule has 0 unspecified atom stereocenters. The standard InChI is InChI=1S/C22H14BrFN2O2S/c23-15-11-9-14(10-12-15)20(27)13-29-22-25-18-7-3-1-5-16(18)21(28)26(22)19-8-4-2-6-17(19)24/h1-12H,13H2. The highest BCUT2D eigenvalue weighted by Crippen LogP contribution is 2.24. The van der Waals surface area contributed by atoms with E-state index < -0.39 is 5.82 Å². The van der Waals surface area contributed by atoms with Crippen LogP contribution in [0.4, 0.5) is 4.39 Å². The monoisotopic (exact) mass is 468 g/mol. The van der Waals surface area contributed by atoms with Gasteiger partial charge in [-0.1, -0.05) is 64.1 Å². The minimum absolute atomic E-state index is 0.0703. The molecule has 0 saturated carbocycles. The Bertz CT molecular complexity index is 1270. The molecule has 0 N–H and O–H groups in total. The van der Waals surface area contributed by atoms with Crippen molar-refractivity contribution < 1.29 is 9.18 Å². The number of hydrogen-bond donors (Lipinski definition) is 0. The summed E-state index contributed by atoms with van der Waals surface area (Å²) in [5.41, 5.74) is 0.790. The lowest BCUT2D eigenvalue weighted by molar-refractivity contribution is 0.102. The van der Waals surface area contributed by atoms with E-state index in [1.807, 2.05) is 0 Å². The van der Waals surface area contributed by atoms with Crippen LogP contribution in [-0.2, 0) is 0 Å². The van der Waals surface area contributed by atoms with Crippen LogP contribution < -0.4 is 5.56 Å². The Morgan fingerprint density at radius 3 is 2.45 bits per heavy atom. The molecule has 0 aliphatic carbocycles. The minimum Gasteiger partial charge on any atom is -0.293 e. The van der Waals surface area contributed by atoms with Gasteiger partial charge < -0.3 is 0 Å². The highest BCUT2D eigenvalue weighted by molar-refractivity contribution is 9.10. The molecule has 4 rings (SSSR count). The molecule has 4 aromatic rings. The topological polar surface area (TPSA) is 52.0 Å². The van der Waals surface area contributed by atoms with E-state index in [0.717, 1.165) is 16.2 Å². The maximum atomic E-state index is 14.5. The summed E-state index contributed by atoms with van der Waals surface area (Å²) in [6.45, 7) is 0. The maximum absolute atomic E-state index is 14.5. The summed E-state index contributed by atoms with van der Waals surface area (Å²) in [5, 5.41) is 0.656. The average Bonchev–Trinajstić information content (AvgIpc) is 2.73. The Kier molecular flexibility index (Phi) is 5.60. The zero-order valence-corrected chi connectivity index (χ0v) is 17.4. The van der Waals surface area contributed by atoms with E-state index in [4.69, 9.17) is 0 Å². The second-order valence-corrected chi connectivity index (χ2v) is 8.08. The van der Waals surface area contributed by atoms with Crippen molar-refractivity contribution in [2.75, 3.05) is 5.75 Å².